The van der Waals surface area contributed by atoms with E-state index in [2.05, 4.69) is 0 Å². The minimum atomic E-state index is -0.565. The lowest BCUT2D eigenvalue weighted by Crippen LogP contribution is -2.52. The second-order valence-corrected chi connectivity index (χ2v) is 7.93. The summed E-state index contributed by atoms with van der Waals surface area (Å²) in [6, 6.07) is 10.5. The first-order chi connectivity index (χ1) is 13.4. The Labute approximate surface area is 173 Å². The smallest absolute Gasteiger partial charge is 0.259 e. The Morgan fingerprint density at radius 2 is 1.79 bits per heavy atom. The molecular weight excluding hydrogens is 401 g/mol. The van der Waals surface area contributed by atoms with Crippen molar-refractivity contribution in [3.8, 4) is 11.5 Å². The van der Waals surface area contributed by atoms with Gasteiger partial charge in [0.1, 0.15) is 16.9 Å². The average Bonchev–Trinajstić information content (AvgIpc) is 2.69. The van der Waals surface area contributed by atoms with Crippen LogP contribution in [0.1, 0.15) is 40.0 Å². The summed E-state index contributed by atoms with van der Waals surface area (Å²) < 4.78 is 11.5. The maximum absolute atomic E-state index is 13.1. The summed E-state index contributed by atoms with van der Waals surface area (Å²) in [6.45, 7) is 0.917. The number of fused-ring (bicyclic) bond motifs is 1. The van der Waals surface area contributed by atoms with Crippen molar-refractivity contribution >= 4 is 34.9 Å². The van der Waals surface area contributed by atoms with Gasteiger partial charge in [-0.05, 0) is 24.3 Å². The minimum Gasteiger partial charge on any atom is -0.494 e. The number of benzene rings is 2. The monoisotopic (exact) mass is 419 g/mol. The summed E-state index contributed by atoms with van der Waals surface area (Å²) in [5.74, 6) is 0.749. The zero-order chi connectivity index (χ0) is 19.9. The second-order valence-electron chi connectivity index (χ2n) is 7.11. The number of hydrogen-bond donors (Lipinski definition) is 0. The summed E-state index contributed by atoms with van der Waals surface area (Å²) >= 11 is 12.4. The zero-order valence-electron chi connectivity index (χ0n) is 15.3. The van der Waals surface area contributed by atoms with Crippen LogP contribution in [0.4, 0.5) is 0 Å². The van der Waals surface area contributed by atoms with E-state index in [4.69, 9.17) is 32.7 Å². The molecular formula is C21H19Cl2NO4. The lowest BCUT2D eigenvalue weighted by atomic mass is 9.82. The Kier molecular flexibility index (Phi) is 4.98. The number of ketones is 1. The number of hydrogen-bond acceptors (Lipinski definition) is 4. The van der Waals surface area contributed by atoms with Crippen LogP contribution in [0.3, 0.4) is 0 Å². The summed E-state index contributed by atoms with van der Waals surface area (Å²) in [5.41, 5.74) is 0.324. The van der Waals surface area contributed by atoms with Gasteiger partial charge in [-0.3, -0.25) is 9.59 Å². The molecule has 0 radical (unpaired) electrons. The number of nitrogens with zero attached hydrogens (tertiary/aromatic N) is 1. The summed E-state index contributed by atoms with van der Waals surface area (Å²) in [5, 5.41) is 0.631. The Hall–Kier alpha value is -2.24. The molecule has 7 heteroatoms. The van der Waals surface area contributed by atoms with Crippen LogP contribution in [0.2, 0.25) is 10.0 Å². The van der Waals surface area contributed by atoms with Crippen molar-refractivity contribution in [3.63, 3.8) is 0 Å². The number of piperidine rings is 1. The average molecular weight is 420 g/mol. The third-order valence-corrected chi connectivity index (χ3v) is 6.05. The van der Waals surface area contributed by atoms with Gasteiger partial charge in [-0.2, -0.15) is 0 Å². The summed E-state index contributed by atoms with van der Waals surface area (Å²) in [4.78, 5) is 27.3. The molecule has 146 valence electrons. The highest BCUT2D eigenvalue weighted by molar-refractivity contribution is 6.37. The number of ether oxygens (including phenoxy) is 2. The van der Waals surface area contributed by atoms with Crippen molar-refractivity contribution in [1.82, 2.24) is 4.90 Å². The maximum atomic E-state index is 13.1. The number of rotatable bonds is 2. The number of carbonyl (C=O) groups excluding carboxylic acids is 2. The lowest BCUT2D eigenvalue weighted by molar-refractivity contribution is -0.00575. The molecule has 1 saturated heterocycles. The summed E-state index contributed by atoms with van der Waals surface area (Å²) in [6.07, 6.45) is 1.46. The highest BCUT2D eigenvalue weighted by Gasteiger charge is 2.44. The number of para-hydroxylation sites is 1. The Morgan fingerprint density at radius 3 is 2.50 bits per heavy atom. The normalized spacial score (nSPS) is 17.8. The second kappa shape index (κ2) is 7.30. The van der Waals surface area contributed by atoms with E-state index < -0.39 is 5.60 Å². The fourth-order valence-electron chi connectivity index (χ4n) is 3.93. The standard InChI is InChI=1S/C21H19Cl2NO4/c1-27-19-15(23)7-6-14(22)18(19)20(26)24-10-8-21(9-11-24)12-16(25)13-4-2-3-5-17(13)28-21/h2-7H,8-12H2,1H3. The summed E-state index contributed by atoms with van der Waals surface area (Å²) in [7, 11) is 1.46. The van der Waals surface area contributed by atoms with E-state index >= 15 is 0 Å². The van der Waals surface area contributed by atoms with Crippen LogP contribution in [0, 0.1) is 0 Å². The first kappa shape index (κ1) is 19.1. The van der Waals surface area contributed by atoms with Gasteiger partial charge in [0.2, 0.25) is 0 Å². The van der Waals surface area contributed by atoms with Crippen molar-refractivity contribution < 1.29 is 19.1 Å². The molecule has 1 fully saturated rings. The number of carbonyl (C=O) groups is 2. The Balaban J connectivity index is 1.54. The van der Waals surface area contributed by atoms with Gasteiger partial charge >= 0.3 is 0 Å². The number of Topliss-reactive ketones (excluding diaryl/α,β-unsaturated/α-hetero) is 1. The molecule has 0 atom stereocenters. The van der Waals surface area contributed by atoms with Crippen LogP contribution >= 0.6 is 23.2 Å². The molecule has 0 saturated carbocycles. The van der Waals surface area contributed by atoms with E-state index in [-0.39, 0.29) is 23.0 Å². The third kappa shape index (κ3) is 3.23. The molecule has 0 aromatic heterocycles. The van der Waals surface area contributed by atoms with Crippen molar-refractivity contribution in [3.05, 3.63) is 57.6 Å². The van der Waals surface area contributed by atoms with Crippen LogP contribution in [-0.4, -0.2) is 42.4 Å². The van der Waals surface area contributed by atoms with E-state index in [1.54, 1.807) is 23.1 Å². The molecule has 2 aromatic carbocycles. The van der Waals surface area contributed by atoms with Gasteiger partial charge < -0.3 is 14.4 Å². The van der Waals surface area contributed by atoms with E-state index in [1.807, 2.05) is 18.2 Å². The quantitative estimate of drug-likeness (QED) is 0.710. The zero-order valence-corrected chi connectivity index (χ0v) is 16.8. The van der Waals surface area contributed by atoms with Crippen LogP contribution in [-0.2, 0) is 0 Å². The van der Waals surface area contributed by atoms with Gasteiger partial charge in [0.15, 0.2) is 11.5 Å². The highest BCUT2D eigenvalue weighted by atomic mass is 35.5. The topological polar surface area (TPSA) is 55.8 Å². The van der Waals surface area contributed by atoms with E-state index in [9.17, 15) is 9.59 Å². The van der Waals surface area contributed by atoms with E-state index in [0.717, 1.165) is 0 Å². The van der Waals surface area contributed by atoms with E-state index in [1.165, 1.54) is 7.11 Å². The molecule has 4 rings (SSSR count). The predicted octanol–water partition coefficient (Wildman–Crippen LogP) is 4.64. The molecule has 0 N–H and O–H groups in total. The molecule has 2 aliphatic rings. The molecule has 28 heavy (non-hydrogen) atoms. The van der Waals surface area contributed by atoms with Crippen LogP contribution < -0.4 is 9.47 Å². The van der Waals surface area contributed by atoms with Gasteiger partial charge in [-0.15, -0.1) is 0 Å². The first-order valence-corrected chi connectivity index (χ1v) is 9.82. The van der Waals surface area contributed by atoms with Gasteiger partial charge in [0.05, 0.1) is 29.1 Å². The van der Waals surface area contributed by atoms with Crippen molar-refractivity contribution in [2.45, 2.75) is 24.9 Å². The molecule has 2 aromatic rings. The lowest BCUT2D eigenvalue weighted by Gasteiger charge is -2.44. The largest absolute Gasteiger partial charge is 0.494 e. The van der Waals surface area contributed by atoms with Crippen molar-refractivity contribution in [2.75, 3.05) is 20.2 Å². The molecule has 0 bridgehead atoms. The highest BCUT2D eigenvalue weighted by Crippen LogP contribution is 2.40. The van der Waals surface area contributed by atoms with Gasteiger partial charge in [-0.25, -0.2) is 0 Å². The van der Waals surface area contributed by atoms with Crippen LogP contribution in [0.5, 0.6) is 11.5 Å². The van der Waals surface area contributed by atoms with Gasteiger partial charge in [0.25, 0.3) is 5.91 Å². The molecule has 1 spiro atoms. The maximum Gasteiger partial charge on any atom is 0.259 e. The van der Waals surface area contributed by atoms with Crippen molar-refractivity contribution in [2.24, 2.45) is 0 Å². The van der Waals surface area contributed by atoms with Crippen LogP contribution in [0.15, 0.2) is 36.4 Å². The molecule has 2 aliphatic heterocycles. The third-order valence-electron chi connectivity index (χ3n) is 5.44. The predicted molar refractivity (Wildman–Crippen MR) is 107 cm³/mol. The minimum absolute atomic E-state index is 0.0844. The van der Waals surface area contributed by atoms with E-state index in [0.29, 0.717) is 53.7 Å². The van der Waals surface area contributed by atoms with Gasteiger partial charge in [-0.1, -0.05) is 35.3 Å². The fraction of sp³-hybridized carbons (Fsp3) is 0.333. The number of methoxy groups -OCH3 is 1. The van der Waals surface area contributed by atoms with Crippen LogP contribution in [0.25, 0.3) is 0 Å². The molecule has 2 heterocycles. The Bertz CT molecular complexity index is 951. The number of amides is 1. The molecule has 0 aliphatic carbocycles. The molecule has 1 amide bonds. The Morgan fingerprint density at radius 1 is 1.11 bits per heavy atom. The first-order valence-electron chi connectivity index (χ1n) is 9.07. The van der Waals surface area contributed by atoms with Gasteiger partial charge in [0, 0.05) is 25.9 Å². The molecule has 5 nitrogen and oxygen atoms in total. The molecule has 0 unspecified atom stereocenters. The fourth-order valence-corrected chi connectivity index (χ4v) is 4.39. The number of halogens is 2. The van der Waals surface area contributed by atoms with Crippen molar-refractivity contribution in [1.29, 1.82) is 0 Å². The number of likely N-dealkylation sites (tertiary alicyclic amines) is 1. The SMILES string of the molecule is COc1c(Cl)ccc(Cl)c1C(=O)N1CCC2(CC1)CC(=O)c1ccccc1O2.